The summed E-state index contributed by atoms with van der Waals surface area (Å²) in [6.07, 6.45) is 3.37. The van der Waals surface area contributed by atoms with Gasteiger partial charge in [-0.2, -0.15) is 0 Å². The molecule has 0 aromatic carbocycles. The summed E-state index contributed by atoms with van der Waals surface area (Å²) >= 11 is 0. The highest BCUT2D eigenvalue weighted by molar-refractivity contribution is 5.83. The number of carbonyl (C=O) groups is 2. The highest BCUT2D eigenvalue weighted by Crippen LogP contribution is 2.17. The van der Waals surface area contributed by atoms with Crippen LogP contribution < -0.4 is 10.6 Å². The van der Waals surface area contributed by atoms with Crippen LogP contribution >= 0.6 is 0 Å². The molecule has 0 radical (unpaired) electrons. The normalized spacial score (nSPS) is 18.3. The number of rotatable bonds is 7. The van der Waals surface area contributed by atoms with E-state index in [-0.39, 0.29) is 18.9 Å². The molecule has 18 heavy (non-hydrogen) atoms. The summed E-state index contributed by atoms with van der Waals surface area (Å²) in [5, 5.41) is 23.2. The van der Waals surface area contributed by atoms with Crippen molar-refractivity contribution in [2.45, 2.75) is 38.1 Å². The van der Waals surface area contributed by atoms with Gasteiger partial charge in [-0.3, -0.25) is 4.79 Å². The molecule has 1 atom stereocenters. The van der Waals surface area contributed by atoms with E-state index in [0.717, 1.165) is 32.4 Å². The Hall–Kier alpha value is -1.14. The molecular weight excluding hydrogens is 236 g/mol. The van der Waals surface area contributed by atoms with Gasteiger partial charge in [-0.1, -0.05) is 0 Å². The lowest BCUT2D eigenvalue weighted by Crippen LogP contribution is -2.41. The largest absolute Gasteiger partial charge is 0.480 e. The molecule has 1 amide bonds. The van der Waals surface area contributed by atoms with Crippen molar-refractivity contribution in [1.29, 1.82) is 0 Å². The topological polar surface area (TPSA) is 98.7 Å². The van der Waals surface area contributed by atoms with Crippen molar-refractivity contribution in [3.8, 4) is 0 Å². The number of hydrogen-bond donors (Lipinski definition) is 4. The lowest BCUT2D eigenvalue weighted by molar-refractivity contribution is -0.142. The lowest BCUT2D eigenvalue weighted by atomic mass is 9.93. The van der Waals surface area contributed by atoms with Gasteiger partial charge < -0.3 is 20.8 Å². The van der Waals surface area contributed by atoms with Crippen molar-refractivity contribution in [3.63, 3.8) is 0 Å². The van der Waals surface area contributed by atoms with E-state index in [9.17, 15) is 9.59 Å². The van der Waals surface area contributed by atoms with Gasteiger partial charge in [-0.05, 0) is 38.3 Å². The highest BCUT2D eigenvalue weighted by Gasteiger charge is 2.20. The molecule has 0 aromatic heterocycles. The minimum atomic E-state index is -1.10. The molecule has 0 spiro atoms. The third-order valence-electron chi connectivity index (χ3n) is 3.29. The van der Waals surface area contributed by atoms with Gasteiger partial charge in [0, 0.05) is 19.4 Å². The van der Waals surface area contributed by atoms with Crippen molar-refractivity contribution >= 4 is 11.9 Å². The van der Waals surface area contributed by atoms with E-state index in [1.165, 1.54) is 0 Å². The van der Waals surface area contributed by atoms with Crippen LogP contribution in [0.4, 0.5) is 0 Å². The van der Waals surface area contributed by atoms with Gasteiger partial charge in [0.15, 0.2) is 0 Å². The molecule has 1 aliphatic heterocycles. The number of carboxylic acids is 1. The van der Waals surface area contributed by atoms with E-state index in [0.29, 0.717) is 12.3 Å². The van der Waals surface area contributed by atoms with Crippen LogP contribution in [0.3, 0.4) is 0 Å². The third kappa shape index (κ3) is 5.46. The van der Waals surface area contributed by atoms with Gasteiger partial charge in [0.2, 0.25) is 5.91 Å². The van der Waals surface area contributed by atoms with Gasteiger partial charge in [0.25, 0.3) is 0 Å². The molecule has 0 unspecified atom stereocenters. The van der Waals surface area contributed by atoms with Crippen LogP contribution in [0.15, 0.2) is 0 Å². The Bertz CT molecular complexity index is 277. The molecule has 0 aromatic rings. The van der Waals surface area contributed by atoms with Crippen LogP contribution in [0.25, 0.3) is 0 Å². The Morgan fingerprint density at radius 2 is 2.00 bits per heavy atom. The Morgan fingerprint density at radius 1 is 1.33 bits per heavy atom. The van der Waals surface area contributed by atoms with Crippen molar-refractivity contribution < 1.29 is 19.8 Å². The number of aliphatic hydroxyl groups excluding tert-OH is 1. The number of amides is 1. The third-order valence-corrected chi connectivity index (χ3v) is 3.29. The molecule has 0 aliphatic carbocycles. The Morgan fingerprint density at radius 3 is 2.56 bits per heavy atom. The summed E-state index contributed by atoms with van der Waals surface area (Å²) in [5.41, 5.74) is 0. The second-order valence-corrected chi connectivity index (χ2v) is 4.70. The van der Waals surface area contributed by atoms with E-state index >= 15 is 0 Å². The molecule has 1 fully saturated rings. The average Bonchev–Trinajstić information content (AvgIpc) is 2.37. The van der Waals surface area contributed by atoms with Crippen molar-refractivity contribution in [2.24, 2.45) is 5.92 Å². The molecule has 1 aliphatic rings. The zero-order valence-electron chi connectivity index (χ0n) is 10.5. The van der Waals surface area contributed by atoms with Crippen LogP contribution in [0.2, 0.25) is 0 Å². The Balaban J connectivity index is 2.24. The summed E-state index contributed by atoms with van der Waals surface area (Å²) in [6, 6.07) is -0.976. The van der Waals surface area contributed by atoms with Crippen molar-refractivity contribution in [3.05, 3.63) is 0 Å². The van der Waals surface area contributed by atoms with Crippen LogP contribution in [-0.2, 0) is 9.59 Å². The van der Waals surface area contributed by atoms with Crippen LogP contribution in [0, 0.1) is 5.92 Å². The minimum Gasteiger partial charge on any atom is -0.480 e. The Kier molecular flexibility index (Phi) is 6.67. The van der Waals surface area contributed by atoms with E-state index in [2.05, 4.69) is 10.6 Å². The number of hydrogen-bond acceptors (Lipinski definition) is 4. The zero-order valence-corrected chi connectivity index (χ0v) is 10.5. The second-order valence-electron chi connectivity index (χ2n) is 4.70. The first-order valence-corrected chi connectivity index (χ1v) is 6.47. The molecule has 0 saturated carbocycles. The van der Waals surface area contributed by atoms with E-state index < -0.39 is 12.0 Å². The van der Waals surface area contributed by atoms with Crippen LogP contribution in [-0.4, -0.2) is 47.8 Å². The molecule has 1 saturated heterocycles. The monoisotopic (exact) mass is 258 g/mol. The fraction of sp³-hybridized carbons (Fsp3) is 0.833. The number of aliphatic carboxylic acids is 1. The smallest absolute Gasteiger partial charge is 0.326 e. The predicted octanol–water partition coefficient (Wildman–Crippen LogP) is -0.282. The molecular formula is C12H22N2O4. The molecule has 6 heteroatoms. The standard InChI is InChI=1S/C12H22N2O4/c15-8-5-10(12(17)18)14-11(16)2-1-9-3-6-13-7-4-9/h9-10,13,15H,1-8H2,(H,14,16)(H,17,18)/t10-/m0/s1. The maximum absolute atomic E-state index is 11.6. The summed E-state index contributed by atoms with van der Waals surface area (Å²) in [6.45, 7) is 1.74. The molecule has 6 nitrogen and oxygen atoms in total. The molecule has 0 bridgehead atoms. The van der Waals surface area contributed by atoms with Crippen molar-refractivity contribution in [1.82, 2.24) is 10.6 Å². The Labute approximate surface area is 107 Å². The lowest BCUT2D eigenvalue weighted by Gasteiger charge is -2.22. The number of aliphatic hydroxyl groups is 1. The number of piperidine rings is 1. The average molecular weight is 258 g/mol. The van der Waals surface area contributed by atoms with Gasteiger partial charge in [0.1, 0.15) is 6.04 Å². The summed E-state index contributed by atoms with van der Waals surface area (Å²) in [5.74, 6) is -0.785. The van der Waals surface area contributed by atoms with Gasteiger partial charge in [0.05, 0.1) is 0 Å². The fourth-order valence-electron chi connectivity index (χ4n) is 2.16. The highest BCUT2D eigenvalue weighted by atomic mass is 16.4. The van der Waals surface area contributed by atoms with E-state index in [1.807, 2.05) is 0 Å². The number of nitrogens with one attached hydrogen (secondary N) is 2. The first-order chi connectivity index (χ1) is 8.63. The maximum atomic E-state index is 11.6. The number of carbonyl (C=O) groups excluding carboxylic acids is 1. The summed E-state index contributed by atoms with van der Waals surface area (Å²) < 4.78 is 0. The van der Waals surface area contributed by atoms with Gasteiger partial charge in [-0.15, -0.1) is 0 Å². The van der Waals surface area contributed by atoms with Gasteiger partial charge >= 0.3 is 5.97 Å². The maximum Gasteiger partial charge on any atom is 0.326 e. The fourth-order valence-corrected chi connectivity index (χ4v) is 2.16. The molecule has 1 heterocycles. The van der Waals surface area contributed by atoms with Crippen LogP contribution in [0.5, 0.6) is 0 Å². The zero-order chi connectivity index (χ0) is 13.4. The second kappa shape index (κ2) is 8.05. The summed E-state index contributed by atoms with van der Waals surface area (Å²) in [4.78, 5) is 22.4. The first kappa shape index (κ1) is 14.9. The summed E-state index contributed by atoms with van der Waals surface area (Å²) in [7, 11) is 0. The van der Waals surface area contributed by atoms with Crippen molar-refractivity contribution in [2.75, 3.05) is 19.7 Å². The van der Waals surface area contributed by atoms with Crippen LogP contribution in [0.1, 0.15) is 32.1 Å². The van der Waals surface area contributed by atoms with E-state index in [4.69, 9.17) is 10.2 Å². The minimum absolute atomic E-state index is 0.0500. The quantitative estimate of drug-likeness (QED) is 0.503. The molecule has 4 N–H and O–H groups in total. The molecule has 1 rings (SSSR count). The first-order valence-electron chi connectivity index (χ1n) is 6.47. The predicted molar refractivity (Wildman–Crippen MR) is 66.1 cm³/mol. The molecule has 104 valence electrons. The SMILES string of the molecule is O=C(CCC1CCNCC1)N[C@@H](CCO)C(=O)O. The van der Waals surface area contributed by atoms with Gasteiger partial charge in [-0.25, -0.2) is 4.79 Å². The van der Waals surface area contributed by atoms with E-state index in [1.54, 1.807) is 0 Å². The number of carboxylic acid groups (broad SMARTS) is 1.